The average Bonchev–Trinajstić information content (AvgIpc) is 2.48. The Labute approximate surface area is 145 Å². The van der Waals surface area contributed by atoms with Gasteiger partial charge in [-0.2, -0.15) is 0 Å². The first-order valence-corrected chi connectivity index (χ1v) is 8.89. The highest BCUT2D eigenvalue weighted by Gasteiger charge is 2.21. The Morgan fingerprint density at radius 2 is 1.92 bits per heavy atom. The number of nitrogens with one attached hydrogen (secondary N) is 1. The van der Waals surface area contributed by atoms with Crippen LogP contribution in [0.3, 0.4) is 0 Å². The molecule has 0 spiro atoms. The second-order valence-corrected chi connectivity index (χ2v) is 8.29. The highest BCUT2D eigenvalue weighted by atomic mass is 35.5. The monoisotopic (exact) mass is 368 g/mol. The van der Waals surface area contributed by atoms with E-state index in [-0.39, 0.29) is 26.7 Å². The Bertz CT molecular complexity index is 889. The number of pyridine rings is 1. The zero-order valence-electron chi connectivity index (χ0n) is 13.4. The first kappa shape index (κ1) is 18.2. The molecule has 1 aromatic carbocycles. The van der Waals surface area contributed by atoms with E-state index in [4.69, 9.17) is 16.7 Å². The zero-order valence-corrected chi connectivity index (χ0v) is 14.9. The molecule has 2 aromatic rings. The lowest BCUT2D eigenvalue weighted by molar-refractivity contribution is 0.0696. The minimum atomic E-state index is -3.99. The number of halogens is 1. The summed E-state index contributed by atoms with van der Waals surface area (Å²) in [5, 5.41) is 9.00. The van der Waals surface area contributed by atoms with Crippen molar-refractivity contribution in [2.45, 2.75) is 31.1 Å². The topological polar surface area (TPSA) is 96.4 Å². The van der Waals surface area contributed by atoms with Gasteiger partial charge in [-0.1, -0.05) is 38.4 Å². The predicted molar refractivity (Wildman–Crippen MR) is 92.2 cm³/mol. The Balaban J connectivity index is 2.43. The molecule has 0 aliphatic heterocycles. The SMILES string of the molecule is CC(C)(C)c1cnc(Cl)c(NS(=O)(=O)c2cccc(C(=O)O)c2)c1. The third kappa shape index (κ3) is 4.04. The van der Waals surface area contributed by atoms with Crippen molar-refractivity contribution in [1.82, 2.24) is 4.98 Å². The van der Waals surface area contributed by atoms with E-state index in [9.17, 15) is 13.2 Å². The van der Waals surface area contributed by atoms with Gasteiger partial charge >= 0.3 is 5.97 Å². The molecule has 6 nitrogen and oxygen atoms in total. The van der Waals surface area contributed by atoms with Crippen LogP contribution < -0.4 is 4.72 Å². The lowest BCUT2D eigenvalue weighted by atomic mass is 9.88. The number of aromatic carboxylic acids is 1. The van der Waals surface area contributed by atoms with E-state index in [1.807, 2.05) is 20.8 Å². The predicted octanol–water partition coefficient (Wildman–Crippen LogP) is 3.53. The molecule has 0 radical (unpaired) electrons. The van der Waals surface area contributed by atoms with Crippen LogP contribution in [-0.2, 0) is 15.4 Å². The van der Waals surface area contributed by atoms with E-state index >= 15 is 0 Å². The quantitative estimate of drug-likeness (QED) is 0.804. The van der Waals surface area contributed by atoms with Crippen molar-refractivity contribution in [3.05, 3.63) is 52.8 Å². The van der Waals surface area contributed by atoms with Gasteiger partial charge in [-0.3, -0.25) is 4.72 Å². The van der Waals surface area contributed by atoms with Gasteiger partial charge in [-0.25, -0.2) is 18.2 Å². The minimum absolute atomic E-state index is 0.0148. The highest BCUT2D eigenvalue weighted by molar-refractivity contribution is 7.92. The Kier molecular flexibility index (Phi) is 4.87. The van der Waals surface area contributed by atoms with E-state index in [1.54, 1.807) is 12.3 Å². The fourth-order valence-corrected chi connectivity index (χ4v) is 3.24. The summed E-state index contributed by atoms with van der Waals surface area (Å²) < 4.78 is 27.4. The second kappa shape index (κ2) is 6.41. The molecule has 0 saturated carbocycles. The van der Waals surface area contributed by atoms with Gasteiger partial charge in [0.2, 0.25) is 0 Å². The van der Waals surface area contributed by atoms with E-state index in [2.05, 4.69) is 9.71 Å². The van der Waals surface area contributed by atoms with Gasteiger partial charge < -0.3 is 5.11 Å². The van der Waals surface area contributed by atoms with Crippen LogP contribution in [0.5, 0.6) is 0 Å². The van der Waals surface area contributed by atoms with Crippen molar-refractivity contribution < 1.29 is 18.3 Å². The summed E-state index contributed by atoms with van der Waals surface area (Å²) in [5.74, 6) is -1.21. The van der Waals surface area contributed by atoms with Gasteiger partial charge in [0.25, 0.3) is 10.0 Å². The maximum absolute atomic E-state index is 12.5. The number of aromatic nitrogens is 1. The van der Waals surface area contributed by atoms with Crippen LogP contribution in [0, 0.1) is 0 Å². The van der Waals surface area contributed by atoms with Gasteiger partial charge in [0.15, 0.2) is 5.15 Å². The Hall–Kier alpha value is -2.12. The third-order valence-electron chi connectivity index (χ3n) is 3.34. The number of hydrogen-bond donors (Lipinski definition) is 2. The summed E-state index contributed by atoms with van der Waals surface area (Å²) in [7, 11) is -3.99. The number of rotatable bonds is 4. The number of carbonyl (C=O) groups is 1. The molecule has 0 aliphatic carbocycles. The van der Waals surface area contributed by atoms with Gasteiger partial charge in [0, 0.05) is 6.20 Å². The normalized spacial score (nSPS) is 12.0. The third-order valence-corrected chi connectivity index (χ3v) is 5.01. The highest BCUT2D eigenvalue weighted by Crippen LogP contribution is 2.29. The van der Waals surface area contributed by atoms with Crippen LogP contribution in [-0.4, -0.2) is 24.5 Å². The number of nitrogens with zero attached hydrogens (tertiary/aromatic N) is 1. The summed E-state index contributed by atoms with van der Waals surface area (Å²) in [6, 6.07) is 6.69. The summed E-state index contributed by atoms with van der Waals surface area (Å²) in [6.45, 7) is 5.89. The Morgan fingerprint density at radius 1 is 1.25 bits per heavy atom. The minimum Gasteiger partial charge on any atom is -0.478 e. The maximum atomic E-state index is 12.5. The molecule has 8 heteroatoms. The number of carboxylic acid groups (broad SMARTS) is 1. The summed E-state index contributed by atoms with van der Waals surface area (Å²) in [5.41, 5.74) is 0.598. The first-order valence-electron chi connectivity index (χ1n) is 7.03. The molecular formula is C16H17ClN2O4S. The van der Waals surface area contributed by atoms with Crippen LogP contribution in [0.15, 0.2) is 41.4 Å². The summed E-state index contributed by atoms with van der Waals surface area (Å²) >= 11 is 5.99. The molecule has 0 fully saturated rings. The second-order valence-electron chi connectivity index (χ2n) is 6.25. The molecule has 0 unspecified atom stereocenters. The molecule has 0 bridgehead atoms. The van der Waals surface area contributed by atoms with Crippen LogP contribution in [0.25, 0.3) is 0 Å². The lowest BCUT2D eigenvalue weighted by Crippen LogP contribution is -2.16. The van der Waals surface area contributed by atoms with E-state index in [1.165, 1.54) is 18.2 Å². The molecule has 0 saturated heterocycles. The van der Waals surface area contributed by atoms with Gasteiger partial charge in [0.1, 0.15) is 0 Å². The largest absolute Gasteiger partial charge is 0.478 e. The summed E-state index contributed by atoms with van der Waals surface area (Å²) in [6.07, 6.45) is 1.59. The van der Waals surface area contributed by atoms with Gasteiger partial charge in [0.05, 0.1) is 16.1 Å². The molecule has 128 valence electrons. The molecule has 1 aromatic heterocycles. The van der Waals surface area contributed by atoms with Crippen LogP contribution in [0.2, 0.25) is 5.15 Å². The smallest absolute Gasteiger partial charge is 0.335 e. The van der Waals surface area contributed by atoms with Gasteiger partial charge in [-0.05, 0) is 35.2 Å². The maximum Gasteiger partial charge on any atom is 0.335 e. The van der Waals surface area contributed by atoms with Crippen LogP contribution in [0.4, 0.5) is 5.69 Å². The molecule has 0 atom stereocenters. The van der Waals surface area contributed by atoms with Crippen LogP contribution in [0.1, 0.15) is 36.7 Å². The number of anilines is 1. The molecule has 24 heavy (non-hydrogen) atoms. The van der Waals surface area contributed by atoms with Crippen molar-refractivity contribution in [1.29, 1.82) is 0 Å². The molecule has 2 rings (SSSR count). The van der Waals surface area contributed by atoms with E-state index < -0.39 is 16.0 Å². The number of sulfonamides is 1. The standard InChI is InChI=1S/C16H17ClN2O4S/c1-16(2,3)11-8-13(14(17)18-9-11)19-24(22,23)12-6-4-5-10(7-12)15(20)21/h4-9,19H,1-3H3,(H,20,21). The van der Waals surface area contributed by atoms with Crippen molar-refractivity contribution in [3.63, 3.8) is 0 Å². The molecule has 0 aliphatic rings. The molecule has 0 amide bonds. The number of hydrogen-bond acceptors (Lipinski definition) is 4. The van der Waals surface area contributed by atoms with Crippen molar-refractivity contribution in [3.8, 4) is 0 Å². The van der Waals surface area contributed by atoms with Gasteiger partial charge in [-0.15, -0.1) is 0 Å². The molecule has 2 N–H and O–H groups in total. The first-order chi connectivity index (χ1) is 11.0. The number of benzene rings is 1. The average molecular weight is 369 g/mol. The van der Waals surface area contributed by atoms with E-state index in [0.717, 1.165) is 11.6 Å². The van der Waals surface area contributed by atoms with Crippen LogP contribution >= 0.6 is 11.6 Å². The fourth-order valence-electron chi connectivity index (χ4n) is 1.93. The van der Waals surface area contributed by atoms with E-state index in [0.29, 0.717) is 0 Å². The summed E-state index contributed by atoms with van der Waals surface area (Å²) in [4.78, 5) is 14.8. The van der Waals surface area contributed by atoms with Crippen molar-refractivity contribution in [2.75, 3.05) is 4.72 Å². The molecular weight excluding hydrogens is 352 g/mol. The van der Waals surface area contributed by atoms with Crippen molar-refractivity contribution >= 4 is 33.3 Å². The fraction of sp³-hybridized carbons (Fsp3) is 0.250. The zero-order chi connectivity index (χ0) is 18.1. The Morgan fingerprint density at radius 3 is 2.50 bits per heavy atom. The molecule has 1 heterocycles. The van der Waals surface area contributed by atoms with Crippen molar-refractivity contribution in [2.24, 2.45) is 0 Å². The lowest BCUT2D eigenvalue weighted by Gasteiger charge is -2.20. The number of carboxylic acids is 1.